The molecule has 92 valence electrons. The summed E-state index contributed by atoms with van der Waals surface area (Å²) in [6, 6.07) is 1.67. The number of amidine groups is 1. The molecule has 0 spiro atoms. The van der Waals surface area contributed by atoms with Crippen molar-refractivity contribution in [3.05, 3.63) is 35.4 Å². The Morgan fingerprint density at radius 1 is 1.17 bits per heavy atom. The van der Waals surface area contributed by atoms with Gasteiger partial charge in [-0.1, -0.05) is 0 Å². The fourth-order valence-corrected chi connectivity index (χ4v) is 1.95. The van der Waals surface area contributed by atoms with Crippen molar-refractivity contribution >= 4 is 17.6 Å². The molecule has 0 aliphatic carbocycles. The van der Waals surface area contributed by atoms with Gasteiger partial charge in [0.05, 0.1) is 0 Å². The molecular formula is C11H12N6S. The molecule has 18 heavy (non-hydrogen) atoms. The Balaban J connectivity index is 2.28. The predicted octanol–water partition coefficient (Wildman–Crippen LogP) is 1.32. The van der Waals surface area contributed by atoms with Gasteiger partial charge in [-0.25, -0.2) is 19.9 Å². The van der Waals surface area contributed by atoms with Crippen molar-refractivity contribution in [3.8, 4) is 0 Å². The van der Waals surface area contributed by atoms with E-state index in [1.165, 1.54) is 11.8 Å². The summed E-state index contributed by atoms with van der Waals surface area (Å²) in [7, 11) is 0. The first-order chi connectivity index (χ1) is 8.54. The van der Waals surface area contributed by atoms with Gasteiger partial charge in [0.15, 0.2) is 10.3 Å². The Bertz CT molecular complexity index is 581. The minimum Gasteiger partial charge on any atom is -0.382 e. The molecule has 0 atom stereocenters. The van der Waals surface area contributed by atoms with Crippen LogP contribution in [-0.2, 0) is 0 Å². The largest absolute Gasteiger partial charge is 0.382 e. The fourth-order valence-electron chi connectivity index (χ4n) is 1.24. The number of hydrogen-bond donors (Lipinski definition) is 2. The molecular weight excluding hydrogens is 248 g/mol. The number of nitrogens with two attached hydrogens (primary N) is 1. The van der Waals surface area contributed by atoms with E-state index in [0.717, 1.165) is 11.3 Å². The van der Waals surface area contributed by atoms with Crippen molar-refractivity contribution in [2.24, 2.45) is 5.73 Å². The second-order valence-electron chi connectivity index (χ2n) is 3.74. The topological polar surface area (TPSA) is 101 Å². The SMILES string of the molecule is Cc1cnc(Sc2nc(C)cc(C(=N)N)n2)nc1. The number of nitrogens with one attached hydrogen (secondary N) is 1. The molecule has 2 aromatic heterocycles. The molecule has 3 N–H and O–H groups in total. The Hall–Kier alpha value is -2.02. The van der Waals surface area contributed by atoms with Crippen molar-refractivity contribution in [2.45, 2.75) is 24.2 Å². The van der Waals surface area contributed by atoms with E-state index in [2.05, 4.69) is 19.9 Å². The molecule has 2 rings (SSSR count). The monoisotopic (exact) mass is 260 g/mol. The molecule has 0 amide bonds. The van der Waals surface area contributed by atoms with Gasteiger partial charge in [0.1, 0.15) is 11.5 Å². The Morgan fingerprint density at radius 2 is 1.83 bits per heavy atom. The highest BCUT2D eigenvalue weighted by molar-refractivity contribution is 7.99. The van der Waals surface area contributed by atoms with Gasteiger partial charge < -0.3 is 5.73 Å². The lowest BCUT2D eigenvalue weighted by atomic mass is 10.3. The number of aryl methyl sites for hydroxylation is 2. The van der Waals surface area contributed by atoms with Crippen LogP contribution in [0.3, 0.4) is 0 Å². The molecule has 0 aliphatic heterocycles. The lowest BCUT2D eigenvalue weighted by molar-refractivity contribution is 0.896. The van der Waals surface area contributed by atoms with Crippen molar-refractivity contribution in [1.82, 2.24) is 19.9 Å². The second-order valence-corrected chi connectivity index (χ2v) is 4.67. The van der Waals surface area contributed by atoms with Crippen molar-refractivity contribution < 1.29 is 0 Å². The van der Waals surface area contributed by atoms with Gasteiger partial charge in [0.25, 0.3) is 0 Å². The number of nitrogens with zero attached hydrogens (tertiary/aromatic N) is 4. The standard InChI is InChI=1S/C11H12N6S/c1-6-4-14-10(15-5-6)18-11-16-7(2)3-8(17-11)9(12)13/h3-5H,1-2H3,(H3,12,13). The van der Waals surface area contributed by atoms with Crippen LogP contribution in [0.2, 0.25) is 0 Å². The summed E-state index contributed by atoms with van der Waals surface area (Å²) in [5, 5.41) is 8.44. The Labute approximate surface area is 109 Å². The van der Waals surface area contributed by atoms with E-state index in [9.17, 15) is 0 Å². The Kier molecular flexibility index (Phi) is 3.52. The van der Waals surface area contributed by atoms with E-state index in [1.807, 2.05) is 13.8 Å². The van der Waals surface area contributed by atoms with Crippen LogP contribution in [-0.4, -0.2) is 25.8 Å². The van der Waals surface area contributed by atoms with Crippen LogP contribution in [0.25, 0.3) is 0 Å². The maximum atomic E-state index is 7.38. The molecule has 0 aliphatic rings. The molecule has 6 nitrogen and oxygen atoms in total. The third-order valence-electron chi connectivity index (χ3n) is 2.05. The van der Waals surface area contributed by atoms with Crippen LogP contribution in [0.4, 0.5) is 0 Å². The highest BCUT2D eigenvalue weighted by Gasteiger charge is 2.07. The van der Waals surface area contributed by atoms with E-state index in [4.69, 9.17) is 11.1 Å². The first-order valence-electron chi connectivity index (χ1n) is 5.21. The van der Waals surface area contributed by atoms with Crippen molar-refractivity contribution in [2.75, 3.05) is 0 Å². The van der Waals surface area contributed by atoms with Gasteiger partial charge in [-0.05, 0) is 37.2 Å². The molecule has 0 radical (unpaired) electrons. The summed E-state index contributed by atoms with van der Waals surface area (Å²) in [6.45, 7) is 3.75. The van der Waals surface area contributed by atoms with Crippen LogP contribution < -0.4 is 5.73 Å². The minimum atomic E-state index is -0.0767. The zero-order valence-corrected chi connectivity index (χ0v) is 10.8. The first kappa shape index (κ1) is 12.4. The average molecular weight is 260 g/mol. The van der Waals surface area contributed by atoms with E-state index in [1.54, 1.807) is 18.5 Å². The maximum Gasteiger partial charge on any atom is 0.196 e. The third kappa shape index (κ3) is 3.01. The lowest BCUT2D eigenvalue weighted by Crippen LogP contribution is -2.14. The Morgan fingerprint density at radius 3 is 2.44 bits per heavy atom. The van der Waals surface area contributed by atoms with Crippen molar-refractivity contribution in [3.63, 3.8) is 0 Å². The van der Waals surface area contributed by atoms with Crippen molar-refractivity contribution in [1.29, 1.82) is 5.41 Å². The van der Waals surface area contributed by atoms with Crippen LogP contribution in [0.5, 0.6) is 0 Å². The van der Waals surface area contributed by atoms with Crippen LogP contribution in [0, 0.1) is 19.3 Å². The molecule has 7 heteroatoms. The maximum absolute atomic E-state index is 7.38. The number of nitrogen functional groups attached to an aromatic ring is 1. The predicted molar refractivity (Wildman–Crippen MR) is 68.7 cm³/mol. The molecule has 0 fully saturated rings. The first-order valence-corrected chi connectivity index (χ1v) is 6.03. The molecule has 0 unspecified atom stereocenters. The molecule has 0 saturated carbocycles. The van der Waals surface area contributed by atoms with Gasteiger partial charge in [-0.2, -0.15) is 0 Å². The summed E-state index contributed by atoms with van der Waals surface area (Å²) >= 11 is 1.25. The average Bonchev–Trinajstić information content (AvgIpc) is 2.31. The molecule has 2 aromatic rings. The zero-order chi connectivity index (χ0) is 13.1. The van der Waals surface area contributed by atoms with Crippen LogP contribution >= 0.6 is 11.8 Å². The van der Waals surface area contributed by atoms with Gasteiger partial charge in [-0.15, -0.1) is 0 Å². The molecule has 0 bridgehead atoms. The minimum absolute atomic E-state index is 0.0767. The molecule has 2 heterocycles. The van der Waals surface area contributed by atoms with E-state index in [-0.39, 0.29) is 5.84 Å². The van der Waals surface area contributed by atoms with E-state index < -0.39 is 0 Å². The van der Waals surface area contributed by atoms with E-state index >= 15 is 0 Å². The van der Waals surface area contributed by atoms with E-state index in [0.29, 0.717) is 16.0 Å². The number of aromatic nitrogens is 4. The number of hydrogen-bond acceptors (Lipinski definition) is 6. The zero-order valence-electron chi connectivity index (χ0n) is 10.0. The summed E-state index contributed by atoms with van der Waals surface area (Å²) in [6.07, 6.45) is 3.47. The third-order valence-corrected chi connectivity index (χ3v) is 2.81. The van der Waals surface area contributed by atoms with Gasteiger partial charge in [0, 0.05) is 18.1 Å². The summed E-state index contributed by atoms with van der Waals surface area (Å²) in [4.78, 5) is 16.8. The van der Waals surface area contributed by atoms with Gasteiger partial charge >= 0.3 is 0 Å². The molecule has 0 saturated heterocycles. The smallest absolute Gasteiger partial charge is 0.196 e. The molecule has 0 aromatic carbocycles. The van der Waals surface area contributed by atoms with Crippen LogP contribution in [0.1, 0.15) is 17.0 Å². The summed E-state index contributed by atoms with van der Waals surface area (Å²) < 4.78 is 0. The fraction of sp³-hybridized carbons (Fsp3) is 0.182. The second kappa shape index (κ2) is 5.09. The highest BCUT2D eigenvalue weighted by Crippen LogP contribution is 2.20. The summed E-state index contributed by atoms with van der Waals surface area (Å²) in [5.74, 6) is -0.0767. The normalized spacial score (nSPS) is 10.3. The van der Waals surface area contributed by atoms with Gasteiger partial charge in [-0.3, -0.25) is 5.41 Å². The number of rotatable bonds is 3. The quantitative estimate of drug-likeness (QED) is 0.490. The van der Waals surface area contributed by atoms with Gasteiger partial charge in [0.2, 0.25) is 0 Å². The lowest BCUT2D eigenvalue weighted by Gasteiger charge is -2.03. The van der Waals surface area contributed by atoms with Crippen LogP contribution in [0.15, 0.2) is 28.8 Å². The summed E-state index contributed by atoms with van der Waals surface area (Å²) in [5.41, 5.74) is 7.58. The highest BCUT2D eigenvalue weighted by atomic mass is 32.2.